The highest BCUT2D eigenvalue weighted by Gasteiger charge is 2.36. The summed E-state index contributed by atoms with van der Waals surface area (Å²) < 4.78 is 44.6. The number of anilines is 2. The lowest BCUT2D eigenvalue weighted by molar-refractivity contribution is -0.139. The fraction of sp³-hybridized carbons (Fsp3) is 0.353. The molecule has 0 bridgehead atoms. The van der Waals surface area contributed by atoms with Gasteiger partial charge in [0.1, 0.15) is 5.56 Å². The molecule has 0 unspecified atom stereocenters. The molecule has 1 heterocycles. The number of hydrogen-bond donors (Lipinski definition) is 0. The van der Waals surface area contributed by atoms with Crippen molar-refractivity contribution in [3.8, 4) is 11.9 Å². The van der Waals surface area contributed by atoms with Crippen molar-refractivity contribution in [1.82, 2.24) is 9.97 Å². The molecule has 0 amide bonds. The van der Waals surface area contributed by atoms with Crippen LogP contribution in [-0.4, -0.2) is 23.6 Å². The van der Waals surface area contributed by atoms with Gasteiger partial charge in [0.15, 0.2) is 0 Å². The number of hydrogen-bond acceptors (Lipinski definition) is 5. The molecule has 0 atom stereocenters. The minimum absolute atomic E-state index is 0.0516. The van der Waals surface area contributed by atoms with Gasteiger partial charge in [-0.1, -0.05) is 13.8 Å². The Morgan fingerprint density at radius 2 is 1.88 bits per heavy atom. The Balaban J connectivity index is 2.37. The molecule has 1 aromatic heterocycles. The molecule has 5 nitrogen and oxygen atoms in total. The highest BCUT2D eigenvalue weighted by Crippen LogP contribution is 2.36. The number of ether oxygens (including phenoxy) is 1. The molecule has 132 valence electrons. The van der Waals surface area contributed by atoms with Crippen molar-refractivity contribution in [2.24, 2.45) is 5.92 Å². The van der Waals surface area contributed by atoms with E-state index in [9.17, 15) is 13.2 Å². The van der Waals surface area contributed by atoms with Gasteiger partial charge in [-0.25, -0.2) is 4.98 Å². The molecule has 0 saturated carbocycles. The van der Waals surface area contributed by atoms with Gasteiger partial charge in [0.25, 0.3) is 0 Å². The maximum Gasteiger partial charge on any atom is 0.423 e. The number of benzene rings is 1. The Hall–Kier alpha value is -2.82. The summed E-state index contributed by atoms with van der Waals surface area (Å²) in [6, 6.07) is 8.53. The van der Waals surface area contributed by atoms with E-state index >= 15 is 0 Å². The van der Waals surface area contributed by atoms with E-state index in [1.54, 1.807) is 31.3 Å². The van der Waals surface area contributed by atoms with Crippen molar-refractivity contribution < 1.29 is 17.9 Å². The van der Waals surface area contributed by atoms with Crippen molar-refractivity contribution in [2.75, 3.05) is 18.6 Å². The highest BCUT2D eigenvalue weighted by atomic mass is 19.4. The molecular weight excluding hydrogens is 333 g/mol. The molecule has 0 aliphatic heterocycles. The van der Waals surface area contributed by atoms with E-state index in [1.165, 1.54) is 4.90 Å². The van der Waals surface area contributed by atoms with Gasteiger partial charge < -0.3 is 9.64 Å². The molecule has 0 fully saturated rings. The van der Waals surface area contributed by atoms with Crippen LogP contribution in [0.25, 0.3) is 0 Å². The first-order valence-electron chi connectivity index (χ1n) is 7.53. The summed E-state index contributed by atoms with van der Waals surface area (Å²) in [7, 11) is 1.62. The van der Waals surface area contributed by atoms with Crippen LogP contribution >= 0.6 is 0 Å². The second-order valence-electron chi connectivity index (χ2n) is 5.81. The summed E-state index contributed by atoms with van der Waals surface area (Å²) in [4.78, 5) is 9.26. The Morgan fingerprint density at radius 1 is 1.24 bits per heavy atom. The quantitative estimate of drug-likeness (QED) is 0.810. The first-order chi connectivity index (χ1) is 11.7. The zero-order valence-corrected chi connectivity index (χ0v) is 14.0. The Morgan fingerprint density at radius 3 is 2.40 bits per heavy atom. The van der Waals surface area contributed by atoms with E-state index in [-0.39, 0.29) is 18.5 Å². The van der Waals surface area contributed by atoms with Crippen LogP contribution < -0.4 is 9.64 Å². The van der Waals surface area contributed by atoms with Crippen LogP contribution in [0.15, 0.2) is 30.5 Å². The minimum atomic E-state index is -4.60. The largest absolute Gasteiger partial charge is 0.477 e. The minimum Gasteiger partial charge on any atom is -0.477 e. The van der Waals surface area contributed by atoms with Crippen LogP contribution in [0.3, 0.4) is 0 Å². The molecule has 0 saturated heterocycles. The number of alkyl halides is 3. The van der Waals surface area contributed by atoms with Crippen LogP contribution in [-0.2, 0) is 6.18 Å². The molecule has 2 aromatic rings. The van der Waals surface area contributed by atoms with Crippen LogP contribution in [0.5, 0.6) is 5.88 Å². The average Bonchev–Trinajstić information content (AvgIpc) is 2.58. The topological polar surface area (TPSA) is 62.0 Å². The van der Waals surface area contributed by atoms with E-state index in [0.29, 0.717) is 11.3 Å². The molecule has 1 aromatic carbocycles. The molecule has 0 aliphatic rings. The van der Waals surface area contributed by atoms with Gasteiger partial charge >= 0.3 is 6.18 Å². The SMILES string of the molecule is CC(C)COc1nc(N(C)c2ccc(C#N)cc2)ncc1C(F)(F)F. The maximum atomic E-state index is 13.1. The molecule has 8 heteroatoms. The molecule has 25 heavy (non-hydrogen) atoms. The van der Waals surface area contributed by atoms with Gasteiger partial charge in [-0.3, -0.25) is 0 Å². The Labute approximate surface area is 143 Å². The molecule has 0 N–H and O–H groups in total. The lowest BCUT2D eigenvalue weighted by atomic mass is 10.2. The molecule has 0 spiro atoms. The standard InChI is InChI=1S/C17H17F3N4O/c1-11(2)10-25-15-14(17(18,19)20)9-22-16(23-15)24(3)13-6-4-12(8-21)5-7-13/h4-7,9,11H,10H2,1-3H3. The Kier molecular flexibility index (Phi) is 5.47. The molecule has 0 aliphatic carbocycles. The van der Waals surface area contributed by atoms with E-state index in [1.807, 2.05) is 19.9 Å². The maximum absolute atomic E-state index is 13.1. The van der Waals surface area contributed by atoms with Gasteiger partial charge in [0, 0.05) is 18.9 Å². The number of aromatic nitrogens is 2. The monoisotopic (exact) mass is 350 g/mol. The molecule has 0 radical (unpaired) electrons. The van der Waals surface area contributed by atoms with Crippen LogP contribution in [0.2, 0.25) is 0 Å². The second kappa shape index (κ2) is 7.38. The van der Waals surface area contributed by atoms with Gasteiger partial charge in [-0.2, -0.15) is 23.4 Å². The van der Waals surface area contributed by atoms with E-state index < -0.39 is 17.6 Å². The summed E-state index contributed by atoms with van der Waals surface area (Å²) in [5.41, 5.74) is 0.102. The predicted octanol–water partition coefficient (Wildman–Crippen LogP) is 4.17. The fourth-order valence-corrected chi connectivity index (χ4v) is 1.94. The zero-order valence-electron chi connectivity index (χ0n) is 14.0. The van der Waals surface area contributed by atoms with Crippen molar-refractivity contribution in [3.05, 3.63) is 41.6 Å². The lowest BCUT2D eigenvalue weighted by Crippen LogP contribution is -2.18. The predicted molar refractivity (Wildman–Crippen MR) is 86.6 cm³/mol. The van der Waals surface area contributed by atoms with Gasteiger partial charge in [0.2, 0.25) is 11.8 Å². The smallest absolute Gasteiger partial charge is 0.423 e. The average molecular weight is 350 g/mol. The van der Waals surface area contributed by atoms with E-state index in [0.717, 1.165) is 6.20 Å². The van der Waals surface area contributed by atoms with Crippen molar-refractivity contribution in [1.29, 1.82) is 5.26 Å². The molecular formula is C17H17F3N4O. The first kappa shape index (κ1) is 18.5. The van der Waals surface area contributed by atoms with Crippen LogP contribution in [0.4, 0.5) is 24.8 Å². The van der Waals surface area contributed by atoms with E-state index in [4.69, 9.17) is 10.00 Å². The number of halogens is 3. The number of nitriles is 1. The van der Waals surface area contributed by atoms with E-state index in [2.05, 4.69) is 9.97 Å². The zero-order chi connectivity index (χ0) is 18.6. The first-order valence-corrected chi connectivity index (χ1v) is 7.53. The summed E-state index contributed by atoms with van der Waals surface area (Å²) >= 11 is 0. The number of nitrogens with zero attached hydrogens (tertiary/aromatic N) is 4. The summed E-state index contributed by atoms with van der Waals surface area (Å²) in [6.07, 6.45) is -3.88. The summed E-state index contributed by atoms with van der Waals surface area (Å²) in [5.74, 6) is -0.376. The molecule has 2 rings (SSSR count). The number of rotatable bonds is 5. The third kappa shape index (κ3) is 4.59. The summed E-state index contributed by atoms with van der Waals surface area (Å²) in [6.45, 7) is 3.77. The van der Waals surface area contributed by atoms with Crippen molar-refractivity contribution >= 4 is 11.6 Å². The summed E-state index contributed by atoms with van der Waals surface area (Å²) in [5, 5.41) is 8.82. The third-order valence-electron chi connectivity index (χ3n) is 3.28. The highest BCUT2D eigenvalue weighted by molar-refractivity contribution is 5.58. The van der Waals surface area contributed by atoms with Crippen molar-refractivity contribution in [3.63, 3.8) is 0 Å². The van der Waals surface area contributed by atoms with Crippen LogP contribution in [0, 0.1) is 17.2 Å². The van der Waals surface area contributed by atoms with Gasteiger partial charge in [-0.15, -0.1) is 0 Å². The normalized spacial score (nSPS) is 11.3. The Bertz CT molecular complexity index is 767. The van der Waals surface area contributed by atoms with Crippen LogP contribution in [0.1, 0.15) is 25.0 Å². The third-order valence-corrected chi connectivity index (χ3v) is 3.28. The lowest BCUT2D eigenvalue weighted by Gasteiger charge is -2.20. The van der Waals surface area contributed by atoms with Gasteiger partial charge in [-0.05, 0) is 30.2 Å². The fourth-order valence-electron chi connectivity index (χ4n) is 1.94. The second-order valence-corrected chi connectivity index (χ2v) is 5.81. The van der Waals surface area contributed by atoms with Crippen molar-refractivity contribution in [2.45, 2.75) is 20.0 Å². The van der Waals surface area contributed by atoms with Gasteiger partial charge in [0.05, 0.1) is 18.2 Å².